The van der Waals surface area contributed by atoms with Crippen LogP contribution < -0.4 is 5.43 Å². The average Bonchev–Trinajstić information content (AvgIpc) is 3.23. The van der Waals surface area contributed by atoms with Crippen molar-refractivity contribution < 1.29 is 9.21 Å². The van der Waals surface area contributed by atoms with Crippen LogP contribution in [0.25, 0.3) is 11.5 Å². The van der Waals surface area contributed by atoms with E-state index in [2.05, 4.69) is 25.7 Å². The van der Waals surface area contributed by atoms with Gasteiger partial charge in [0.2, 0.25) is 0 Å². The first-order chi connectivity index (χ1) is 10.7. The first-order valence-corrected chi connectivity index (χ1v) is 6.58. The molecule has 3 aromatic rings. The first kappa shape index (κ1) is 13.7. The minimum absolute atomic E-state index is 0.234. The van der Waals surface area contributed by atoms with Crippen LogP contribution in [-0.4, -0.2) is 26.8 Å². The third-order valence-corrected chi connectivity index (χ3v) is 3.02. The molecule has 22 heavy (non-hydrogen) atoms. The molecule has 0 spiro atoms. The number of pyridine rings is 1. The van der Waals surface area contributed by atoms with Gasteiger partial charge in [-0.3, -0.25) is 14.9 Å². The van der Waals surface area contributed by atoms with Crippen LogP contribution >= 0.6 is 0 Å². The molecule has 3 aromatic heterocycles. The summed E-state index contributed by atoms with van der Waals surface area (Å²) in [7, 11) is 0. The highest BCUT2D eigenvalue weighted by Crippen LogP contribution is 2.17. The zero-order valence-electron chi connectivity index (χ0n) is 11.8. The zero-order chi connectivity index (χ0) is 15.4. The zero-order valence-corrected chi connectivity index (χ0v) is 11.8. The Kier molecular flexibility index (Phi) is 3.78. The number of aromatic amines is 1. The van der Waals surface area contributed by atoms with E-state index in [4.69, 9.17) is 4.42 Å². The number of hydrogen-bond acceptors (Lipinski definition) is 5. The minimum Gasteiger partial charge on any atom is -0.463 e. The molecule has 7 nitrogen and oxygen atoms in total. The number of nitrogens with zero attached hydrogens (tertiary/aromatic N) is 3. The van der Waals surface area contributed by atoms with Crippen molar-refractivity contribution in [2.24, 2.45) is 5.10 Å². The molecule has 0 bridgehead atoms. The molecule has 0 unspecified atom stereocenters. The number of H-pyrrole nitrogens is 1. The first-order valence-electron chi connectivity index (χ1n) is 6.58. The Balaban J connectivity index is 1.70. The number of aromatic nitrogens is 3. The van der Waals surface area contributed by atoms with Crippen LogP contribution in [-0.2, 0) is 0 Å². The Morgan fingerprint density at radius 3 is 2.86 bits per heavy atom. The van der Waals surface area contributed by atoms with Gasteiger partial charge in [-0.15, -0.1) is 0 Å². The van der Waals surface area contributed by atoms with Gasteiger partial charge in [-0.05, 0) is 31.2 Å². The molecule has 7 heteroatoms. The predicted octanol–water partition coefficient (Wildman–Crippen LogP) is 2.22. The van der Waals surface area contributed by atoms with E-state index in [0.29, 0.717) is 17.2 Å². The molecule has 0 aliphatic carbocycles. The normalized spacial score (nSPS) is 11.4. The highest BCUT2D eigenvalue weighted by atomic mass is 16.3. The quantitative estimate of drug-likeness (QED) is 0.569. The second kappa shape index (κ2) is 6.04. The SMILES string of the molecule is CC(=NNC(=O)c1cc(-c2ccco2)[nH]n1)c1ccncc1. The van der Waals surface area contributed by atoms with E-state index in [1.807, 2.05) is 12.1 Å². The molecule has 0 fully saturated rings. The van der Waals surface area contributed by atoms with Crippen molar-refractivity contribution in [1.82, 2.24) is 20.6 Å². The molecular formula is C15H13N5O2. The molecule has 0 saturated heterocycles. The standard InChI is InChI=1S/C15H13N5O2/c1-10(11-4-6-16-7-5-11)17-20-15(21)13-9-12(18-19-13)14-3-2-8-22-14/h2-9H,1H3,(H,18,19)(H,20,21). The van der Waals surface area contributed by atoms with Gasteiger partial charge in [0.05, 0.1) is 12.0 Å². The summed E-state index contributed by atoms with van der Waals surface area (Å²) in [6, 6.07) is 8.77. The molecule has 1 amide bonds. The Bertz CT molecular complexity index is 790. The van der Waals surface area contributed by atoms with Gasteiger partial charge in [0.1, 0.15) is 5.69 Å². The molecule has 3 heterocycles. The fraction of sp³-hybridized carbons (Fsp3) is 0.0667. The number of hydrazone groups is 1. The van der Waals surface area contributed by atoms with Gasteiger partial charge in [0.15, 0.2) is 11.5 Å². The molecular weight excluding hydrogens is 282 g/mol. The van der Waals surface area contributed by atoms with Crippen molar-refractivity contribution in [2.75, 3.05) is 0 Å². The summed E-state index contributed by atoms with van der Waals surface area (Å²) in [4.78, 5) is 16.0. The van der Waals surface area contributed by atoms with Gasteiger partial charge in [-0.25, -0.2) is 5.43 Å². The lowest BCUT2D eigenvalue weighted by Gasteiger charge is -2.00. The predicted molar refractivity (Wildman–Crippen MR) is 80.2 cm³/mol. The number of carbonyl (C=O) groups excluding carboxylic acids is 1. The smallest absolute Gasteiger partial charge is 0.291 e. The molecule has 0 saturated carbocycles. The molecule has 2 N–H and O–H groups in total. The molecule has 110 valence electrons. The number of hydrogen-bond donors (Lipinski definition) is 2. The lowest BCUT2D eigenvalue weighted by atomic mass is 10.2. The topological polar surface area (TPSA) is 96.2 Å². The minimum atomic E-state index is -0.400. The Morgan fingerprint density at radius 1 is 1.32 bits per heavy atom. The second-order valence-corrected chi connectivity index (χ2v) is 4.52. The van der Waals surface area contributed by atoms with E-state index < -0.39 is 5.91 Å². The average molecular weight is 295 g/mol. The number of amides is 1. The van der Waals surface area contributed by atoms with Crippen molar-refractivity contribution in [1.29, 1.82) is 0 Å². The third-order valence-electron chi connectivity index (χ3n) is 3.02. The van der Waals surface area contributed by atoms with Crippen molar-refractivity contribution in [3.8, 4) is 11.5 Å². The number of furan rings is 1. The molecule has 0 radical (unpaired) electrons. The maximum absolute atomic E-state index is 12.0. The highest BCUT2D eigenvalue weighted by Gasteiger charge is 2.12. The molecule has 3 rings (SSSR count). The maximum Gasteiger partial charge on any atom is 0.291 e. The van der Waals surface area contributed by atoms with Crippen LogP contribution in [0.15, 0.2) is 58.5 Å². The van der Waals surface area contributed by atoms with Gasteiger partial charge in [-0.1, -0.05) is 0 Å². The van der Waals surface area contributed by atoms with Gasteiger partial charge >= 0.3 is 0 Å². The van der Waals surface area contributed by atoms with Crippen LogP contribution in [0.4, 0.5) is 0 Å². The Hall–Kier alpha value is -3.22. The van der Waals surface area contributed by atoms with Crippen molar-refractivity contribution in [3.63, 3.8) is 0 Å². The van der Waals surface area contributed by atoms with Crippen molar-refractivity contribution >= 4 is 11.6 Å². The number of carbonyl (C=O) groups is 1. The van der Waals surface area contributed by atoms with Gasteiger partial charge < -0.3 is 4.42 Å². The molecule has 0 aliphatic rings. The number of rotatable bonds is 4. The Morgan fingerprint density at radius 2 is 2.14 bits per heavy atom. The van der Waals surface area contributed by atoms with Gasteiger partial charge in [0, 0.05) is 24.0 Å². The molecule has 0 aliphatic heterocycles. The molecule has 0 atom stereocenters. The van der Waals surface area contributed by atoms with E-state index in [1.165, 1.54) is 0 Å². The lowest BCUT2D eigenvalue weighted by Crippen LogP contribution is -2.19. The molecule has 0 aromatic carbocycles. The summed E-state index contributed by atoms with van der Waals surface area (Å²) < 4.78 is 5.23. The van der Waals surface area contributed by atoms with Gasteiger partial charge in [0.25, 0.3) is 5.91 Å². The second-order valence-electron chi connectivity index (χ2n) is 4.52. The summed E-state index contributed by atoms with van der Waals surface area (Å²) in [6.45, 7) is 1.80. The number of nitrogens with one attached hydrogen (secondary N) is 2. The van der Waals surface area contributed by atoms with Crippen LogP contribution in [0.5, 0.6) is 0 Å². The van der Waals surface area contributed by atoms with Crippen LogP contribution in [0.2, 0.25) is 0 Å². The summed E-state index contributed by atoms with van der Waals surface area (Å²) >= 11 is 0. The largest absolute Gasteiger partial charge is 0.463 e. The fourth-order valence-corrected chi connectivity index (χ4v) is 1.85. The van der Waals surface area contributed by atoms with Crippen molar-refractivity contribution in [3.05, 3.63) is 60.2 Å². The van der Waals surface area contributed by atoms with E-state index in [1.54, 1.807) is 43.8 Å². The van der Waals surface area contributed by atoms with Crippen LogP contribution in [0, 0.1) is 0 Å². The highest BCUT2D eigenvalue weighted by molar-refractivity contribution is 6.00. The monoisotopic (exact) mass is 295 g/mol. The summed E-state index contributed by atoms with van der Waals surface area (Å²) in [6.07, 6.45) is 4.89. The summed E-state index contributed by atoms with van der Waals surface area (Å²) in [5.74, 6) is 0.213. The summed E-state index contributed by atoms with van der Waals surface area (Å²) in [5.41, 5.74) is 4.90. The van der Waals surface area contributed by atoms with E-state index in [0.717, 1.165) is 5.56 Å². The van der Waals surface area contributed by atoms with Crippen LogP contribution in [0.3, 0.4) is 0 Å². The van der Waals surface area contributed by atoms with E-state index >= 15 is 0 Å². The van der Waals surface area contributed by atoms with E-state index in [9.17, 15) is 4.79 Å². The van der Waals surface area contributed by atoms with E-state index in [-0.39, 0.29) is 5.69 Å². The summed E-state index contributed by atoms with van der Waals surface area (Å²) in [5, 5.41) is 10.7. The fourth-order valence-electron chi connectivity index (χ4n) is 1.85. The van der Waals surface area contributed by atoms with Crippen LogP contribution in [0.1, 0.15) is 23.0 Å². The van der Waals surface area contributed by atoms with Crippen molar-refractivity contribution in [2.45, 2.75) is 6.92 Å². The Labute approximate surface area is 126 Å². The van der Waals surface area contributed by atoms with Gasteiger partial charge in [-0.2, -0.15) is 10.2 Å². The lowest BCUT2D eigenvalue weighted by molar-refractivity contribution is 0.0950. The third kappa shape index (κ3) is 2.93. The maximum atomic E-state index is 12.0.